The summed E-state index contributed by atoms with van der Waals surface area (Å²) >= 11 is 9.10. The molecule has 0 saturated carbocycles. The number of nitrogens with one attached hydrogen (secondary N) is 1. The second-order valence-electron chi connectivity index (χ2n) is 3.13. The highest BCUT2D eigenvalue weighted by molar-refractivity contribution is 9.10. The predicted octanol–water partition coefficient (Wildman–Crippen LogP) is 4.05. The molecule has 1 heterocycles. The van der Waals surface area contributed by atoms with Crippen molar-refractivity contribution in [3.63, 3.8) is 0 Å². The molecular weight excluding hydrogens is 306 g/mol. The van der Waals surface area contributed by atoms with Gasteiger partial charge in [-0.25, -0.2) is 0 Å². The number of halogens is 1. The van der Waals surface area contributed by atoms with Crippen molar-refractivity contribution in [3.8, 4) is 0 Å². The second-order valence-corrected chi connectivity index (χ2v) is 5.28. The molecule has 0 atom stereocenters. The summed E-state index contributed by atoms with van der Waals surface area (Å²) in [5.74, 6) is -0.138. The SMILES string of the molecule is O=C(Nc1ccsc1)c1cc(S)ccc1Br. The van der Waals surface area contributed by atoms with Crippen molar-refractivity contribution in [2.24, 2.45) is 0 Å². The van der Waals surface area contributed by atoms with Gasteiger partial charge < -0.3 is 5.32 Å². The Hall–Kier alpha value is -0.780. The lowest BCUT2D eigenvalue weighted by Crippen LogP contribution is -2.11. The molecule has 2 nitrogen and oxygen atoms in total. The van der Waals surface area contributed by atoms with E-state index in [9.17, 15) is 4.79 Å². The van der Waals surface area contributed by atoms with Crippen molar-refractivity contribution in [2.45, 2.75) is 4.90 Å². The molecule has 0 saturated heterocycles. The van der Waals surface area contributed by atoms with Crippen LogP contribution in [0.3, 0.4) is 0 Å². The van der Waals surface area contributed by atoms with Gasteiger partial charge in [0.05, 0.1) is 11.3 Å². The number of thiol groups is 1. The van der Waals surface area contributed by atoms with Gasteiger partial charge in [-0.2, -0.15) is 11.3 Å². The Bertz CT molecular complexity index is 511. The maximum Gasteiger partial charge on any atom is 0.256 e. The molecular formula is C11H8BrNOS2. The highest BCUT2D eigenvalue weighted by Gasteiger charge is 2.10. The Kier molecular flexibility index (Phi) is 3.68. The monoisotopic (exact) mass is 313 g/mol. The number of rotatable bonds is 2. The van der Waals surface area contributed by atoms with E-state index in [0.29, 0.717) is 5.56 Å². The Morgan fingerprint density at radius 3 is 2.88 bits per heavy atom. The summed E-state index contributed by atoms with van der Waals surface area (Å²) in [4.78, 5) is 12.7. The van der Waals surface area contributed by atoms with Gasteiger partial charge >= 0.3 is 0 Å². The minimum atomic E-state index is -0.138. The first kappa shape index (κ1) is 11.7. The van der Waals surface area contributed by atoms with Gasteiger partial charge in [0.25, 0.3) is 5.91 Å². The maximum absolute atomic E-state index is 11.9. The lowest BCUT2D eigenvalue weighted by Gasteiger charge is -2.05. The fraction of sp³-hybridized carbons (Fsp3) is 0. The summed E-state index contributed by atoms with van der Waals surface area (Å²) in [5.41, 5.74) is 1.39. The van der Waals surface area contributed by atoms with Gasteiger partial charge in [0.1, 0.15) is 0 Å². The van der Waals surface area contributed by atoms with E-state index in [1.165, 1.54) is 0 Å². The van der Waals surface area contributed by atoms with Gasteiger partial charge in [-0.15, -0.1) is 12.6 Å². The van der Waals surface area contributed by atoms with Gasteiger partial charge in [0.15, 0.2) is 0 Å². The zero-order chi connectivity index (χ0) is 11.5. The van der Waals surface area contributed by atoms with Crippen LogP contribution in [0.4, 0.5) is 5.69 Å². The Morgan fingerprint density at radius 2 is 2.19 bits per heavy atom. The molecule has 2 aromatic rings. The molecule has 0 fully saturated rings. The fourth-order valence-corrected chi connectivity index (χ4v) is 2.44. The normalized spacial score (nSPS) is 10.1. The number of hydrogen-bond acceptors (Lipinski definition) is 3. The highest BCUT2D eigenvalue weighted by Crippen LogP contribution is 2.22. The van der Waals surface area contributed by atoms with Gasteiger partial charge in [0.2, 0.25) is 0 Å². The van der Waals surface area contributed by atoms with E-state index in [2.05, 4.69) is 33.9 Å². The fourth-order valence-electron chi connectivity index (χ4n) is 1.22. The van der Waals surface area contributed by atoms with Crippen molar-refractivity contribution in [1.29, 1.82) is 0 Å². The van der Waals surface area contributed by atoms with Crippen LogP contribution in [0.2, 0.25) is 0 Å². The average Bonchev–Trinajstić information content (AvgIpc) is 2.74. The number of hydrogen-bond donors (Lipinski definition) is 2. The molecule has 0 spiro atoms. The Morgan fingerprint density at radius 1 is 1.38 bits per heavy atom. The van der Waals surface area contributed by atoms with Gasteiger partial charge in [-0.05, 0) is 45.6 Å². The van der Waals surface area contributed by atoms with Crippen LogP contribution in [0.15, 0.2) is 44.4 Å². The number of thiophene rings is 1. The Labute approximate surface area is 111 Å². The third-order valence-corrected chi connectivity index (χ3v) is 3.63. The van der Waals surface area contributed by atoms with Crippen LogP contribution < -0.4 is 5.32 Å². The molecule has 1 aromatic carbocycles. The molecule has 16 heavy (non-hydrogen) atoms. The third kappa shape index (κ3) is 2.66. The van der Waals surface area contributed by atoms with E-state index in [0.717, 1.165) is 15.1 Å². The summed E-state index contributed by atoms with van der Waals surface area (Å²) in [6, 6.07) is 7.23. The lowest BCUT2D eigenvalue weighted by atomic mass is 10.2. The van der Waals surface area contributed by atoms with E-state index in [4.69, 9.17) is 0 Å². The number of benzene rings is 1. The van der Waals surface area contributed by atoms with Crippen LogP contribution in [-0.4, -0.2) is 5.91 Å². The lowest BCUT2D eigenvalue weighted by molar-refractivity contribution is 0.102. The van der Waals surface area contributed by atoms with Crippen molar-refractivity contribution < 1.29 is 4.79 Å². The summed E-state index contributed by atoms with van der Waals surface area (Å²) in [7, 11) is 0. The third-order valence-electron chi connectivity index (χ3n) is 1.97. The van der Waals surface area contributed by atoms with Crippen LogP contribution >= 0.6 is 39.9 Å². The smallest absolute Gasteiger partial charge is 0.256 e. The predicted molar refractivity (Wildman–Crippen MR) is 73.7 cm³/mol. The topological polar surface area (TPSA) is 29.1 Å². The summed E-state index contributed by atoms with van der Waals surface area (Å²) in [6.07, 6.45) is 0. The quantitative estimate of drug-likeness (QED) is 0.805. The van der Waals surface area contributed by atoms with Crippen molar-refractivity contribution in [3.05, 3.63) is 45.1 Å². The van der Waals surface area contributed by atoms with E-state index in [-0.39, 0.29) is 5.91 Å². The summed E-state index contributed by atoms with van der Waals surface area (Å²) in [6.45, 7) is 0. The zero-order valence-electron chi connectivity index (χ0n) is 8.11. The van der Waals surface area contributed by atoms with E-state index in [1.807, 2.05) is 29.0 Å². The molecule has 2 rings (SSSR count). The van der Waals surface area contributed by atoms with Crippen molar-refractivity contribution in [2.75, 3.05) is 5.32 Å². The molecule has 1 amide bonds. The number of anilines is 1. The second kappa shape index (κ2) is 5.03. The van der Waals surface area contributed by atoms with Crippen LogP contribution in [0.1, 0.15) is 10.4 Å². The molecule has 5 heteroatoms. The first-order valence-corrected chi connectivity index (χ1v) is 6.67. The maximum atomic E-state index is 11.9. The van der Waals surface area contributed by atoms with Crippen LogP contribution in [0.5, 0.6) is 0 Å². The van der Waals surface area contributed by atoms with Crippen LogP contribution in [0, 0.1) is 0 Å². The standard InChI is InChI=1S/C11H8BrNOS2/c12-10-2-1-8(15)5-9(10)11(14)13-7-3-4-16-6-7/h1-6,15H,(H,13,14). The molecule has 0 radical (unpaired) electrons. The molecule has 0 aliphatic rings. The number of carbonyl (C=O) groups is 1. The molecule has 0 bridgehead atoms. The molecule has 0 unspecified atom stereocenters. The molecule has 1 aromatic heterocycles. The number of carbonyl (C=O) groups excluding carboxylic acids is 1. The van der Waals surface area contributed by atoms with E-state index in [1.54, 1.807) is 17.4 Å². The van der Waals surface area contributed by atoms with Gasteiger partial charge in [0, 0.05) is 14.7 Å². The molecule has 0 aliphatic heterocycles. The largest absolute Gasteiger partial charge is 0.321 e. The van der Waals surface area contributed by atoms with Gasteiger partial charge in [-0.1, -0.05) is 0 Å². The average molecular weight is 314 g/mol. The first-order valence-electron chi connectivity index (χ1n) is 4.49. The zero-order valence-corrected chi connectivity index (χ0v) is 11.4. The minimum Gasteiger partial charge on any atom is -0.321 e. The summed E-state index contributed by atoms with van der Waals surface area (Å²) < 4.78 is 0.762. The highest BCUT2D eigenvalue weighted by atomic mass is 79.9. The molecule has 82 valence electrons. The Balaban J connectivity index is 2.24. The van der Waals surface area contributed by atoms with Gasteiger partial charge in [-0.3, -0.25) is 4.79 Å². The number of amides is 1. The summed E-state index contributed by atoms with van der Waals surface area (Å²) in [5, 5.41) is 6.62. The molecule has 1 N–H and O–H groups in total. The van der Waals surface area contributed by atoms with Crippen LogP contribution in [0.25, 0.3) is 0 Å². The van der Waals surface area contributed by atoms with Crippen molar-refractivity contribution >= 4 is 51.5 Å². The molecule has 0 aliphatic carbocycles. The minimum absolute atomic E-state index is 0.138. The van der Waals surface area contributed by atoms with E-state index < -0.39 is 0 Å². The first-order chi connectivity index (χ1) is 7.66. The van der Waals surface area contributed by atoms with Crippen molar-refractivity contribution in [1.82, 2.24) is 0 Å². The van der Waals surface area contributed by atoms with Crippen LogP contribution in [-0.2, 0) is 0 Å². The van der Waals surface area contributed by atoms with E-state index >= 15 is 0 Å².